The molecule has 1 aromatic carbocycles. The summed E-state index contributed by atoms with van der Waals surface area (Å²) in [6.07, 6.45) is 2.72. The number of aliphatic carboxylic acids is 1. The molecular formula is C16H22ClN3O4. The van der Waals surface area contributed by atoms with Gasteiger partial charge in [0.05, 0.1) is 0 Å². The molecule has 2 rings (SSSR count). The van der Waals surface area contributed by atoms with E-state index < -0.39 is 17.9 Å². The molecule has 1 atom stereocenters. The van der Waals surface area contributed by atoms with Gasteiger partial charge >= 0.3 is 5.97 Å². The van der Waals surface area contributed by atoms with Gasteiger partial charge in [-0.2, -0.15) is 0 Å². The maximum Gasteiger partial charge on any atom is 0.320 e. The molecule has 0 aromatic heterocycles. The van der Waals surface area contributed by atoms with Crippen LogP contribution < -0.4 is 11.1 Å². The molecule has 132 valence electrons. The number of piperidine rings is 1. The zero-order valence-corrected chi connectivity index (χ0v) is 14.1. The molecular weight excluding hydrogens is 334 g/mol. The zero-order valence-electron chi connectivity index (χ0n) is 13.2. The quantitative estimate of drug-likeness (QED) is 0.715. The predicted octanol–water partition coefficient (Wildman–Crippen LogP) is 1.47. The van der Waals surface area contributed by atoms with E-state index in [0.717, 1.165) is 12.8 Å². The number of carboxylic acids is 1. The molecule has 1 aliphatic heterocycles. The Labute approximate surface area is 146 Å². The lowest BCUT2D eigenvalue weighted by Gasteiger charge is -2.32. The first-order valence-corrected chi connectivity index (χ1v) is 7.64. The maximum absolute atomic E-state index is 12.0. The number of hydrogen-bond acceptors (Lipinski definition) is 4. The SMILES string of the molecule is Cl.NC(=O)c1ccc(NC(=O)CCN2CCCCC2C(=O)O)cc1. The van der Waals surface area contributed by atoms with E-state index in [1.54, 1.807) is 24.3 Å². The van der Waals surface area contributed by atoms with Crippen molar-refractivity contribution < 1.29 is 19.5 Å². The highest BCUT2D eigenvalue weighted by atomic mass is 35.5. The Bertz CT molecular complexity index is 591. The van der Waals surface area contributed by atoms with Crippen molar-refractivity contribution >= 4 is 35.9 Å². The Balaban J connectivity index is 0.00000288. The average Bonchev–Trinajstić information content (AvgIpc) is 2.53. The van der Waals surface area contributed by atoms with E-state index in [0.29, 0.717) is 30.8 Å². The van der Waals surface area contributed by atoms with Gasteiger partial charge in [-0.15, -0.1) is 12.4 Å². The summed E-state index contributed by atoms with van der Waals surface area (Å²) in [5, 5.41) is 11.9. The molecule has 0 radical (unpaired) electrons. The predicted molar refractivity (Wildman–Crippen MR) is 92.3 cm³/mol. The van der Waals surface area contributed by atoms with E-state index in [1.807, 2.05) is 4.90 Å². The molecule has 1 unspecified atom stereocenters. The molecule has 7 nitrogen and oxygen atoms in total. The molecule has 0 bridgehead atoms. The van der Waals surface area contributed by atoms with Crippen molar-refractivity contribution in [2.75, 3.05) is 18.4 Å². The molecule has 1 fully saturated rings. The van der Waals surface area contributed by atoms with E-state index in [1.165, 1.54) is 0 Å². The summed E-state index contributed by atoms with van der Waals surface area (Å²) in [5.41, 5.74) is 6.11. The lowest BCUT2D eigenvalue weighted by Crippen LogP contribution is -2.45. The number of carboxylic acid groups (broad SMARTS) is 1. The number of benzene rings is 1. The molecule has 0 aliphatic carbocycles. The fourth-order valence-corrected chi connectivity index (χ4v) is 2.72. The van der Waals surface area contributed by atoms with Crippen molar-refractivity contribution in [1.82, 2.24) is 4.90 Å². The summed E-state index contributed by atoms with van der Waals surface area (Å²) in [4.78, 5) is 36.0. The van der Waals surface area contributed by atoms with Gasteiger partial charge in [0.25, 0.3) is 0 Å². The van der Waals surface area contributed by atoms with E-state index in [2.05, 4.69) is 5.32 Å². The van der Waals surface area contributed by atoms with Crippen LogP contribution in [0.25, 0.3) is 0 Å². The number of likely N-dealkylation sites (tertiary alicyclic amines) is 1. The molecule has 1 saturated heterocycles. The number of primary amides is 1. The van der Waals surface area contributed by atoms with Crippen LogP contribution in [0, 0.1) is 0 Å². The maximum atomic E-state index is 12.0. The molecule has 8 heteroatoms. The van der Waals surface area contributed by atoms with Gasteiger partial charge < -0.3 is 16.2 Å². The highest BCUT2D eigenvalue weighted by Gasteiger charge is 2.28. The minimum atomic E-state index is -0.827. The second kappa shape index (κ2) is 9.24. The monoisotopic (exact) mass is 355 g/mol. The Hall–Kier alpha value is -2.12. The highest BCUT2D eigenvalue weighted by Crippen LogP contribution is 2.17. The van der Waals surface area contributed by atoms with Crippen molar-refractivity contribution in [2.45, 2.75) is 31.7 Å². The molecule has 0 spiro atoms. The Morgan fingerprint density at radius 1 is 1.21 bits per heavy atom. The number of nitrogens with one attached hydrogen (secondary N) is 1. The summed E-state index contributed by atoms with van der Waals surface area (Å²) in [5.74, 6) is -1.54. The van der Waals surface area contributed by atoms with Crippen molar-refractivity contribution in [1.29, 1.82) is 0 Å². The van der Waals surface area contributed by atoms with E-state index in [4.69, 9.17) is 5.73 Å². The van der Waals surface area contributed by atoms with Crippen LogP contribution in [-0.4, -0.2) is 46.9 Å². The normalized spacial score (nSPS) is 17.6. The Morgan fingerprint density at radius 2 is 1.88 bits per heavy atom. The fraction of sp³-hybridized carbons (Fsp3) is 0.438. The molecule has 24 heavy (non-hydrogen) atoms. The van der Waals surface area contributed by atoms with Crippen LogP contribution in [0.1, 0.15) is 36.0 Å². The first-order chi connectivity index (χ1) is 11.0. The third-order valence-electron chi connectivity index (χ3n) is 3.98. The van der Waals surface area contributed by atoms with Gasteiger partial charge in [-0.1, -0.05) is 6.42 Å². The fourth-order valence-electron chi connectivity index (χ4n) is 2.72. The number of amides is 2. The number of halogens is 1. The lowest BCUT2D eigenvalue weighted by molar-refractivity contribution is -0.144. The van der Waals surface area contributed by atoms with Gasteiger partial charge in [-0.25, -0.2) is 0 Å². The van der Waals surface area contributed by atoms with E-state index in [9.17, 15) is 19.5 Å². The van der Waals surface area contributed by atoms with E-state index >= 15 is 0 Å². The van der Waals surface area contributed by atoms with Gasteiger partial charge in [-0.05, 0) is 43.7 Å². The second-order valence-electron chi connectivity index (χ2n) is 5.63. The first-order valence-electron chi connectivity index (χ1n) is 7.64. The van der Waals surface area contributed by atoms with Crippen LogP contribution in [0.3, 0.4) is 0 Å². The third-order valence-corrected chi connectivity index (χ3v) is 3.98. The number of anilines is 1. The van der Waals surface area contributed by atoms with E-state index in [-0.39, 0.29) is 24.7 Å². The summed E-state index contributed by atoms with van der Waals surface area (Å²) >= 11 is 0. The number of nitrogens with two attached hydrogens (primary N) is 1. The average molecular weight is 356 g/mol. The zero-order chi connectivity index (χ0) is 16.8. The van der Waals surface area contributed by atoms with Crippen LogP contribution in [0.4, 0.5) is 5.69 Å². The van der Waals surface area contributed by atoms with Crippen molar-refractivity contribution in [3.63, 3.8) is 0 Å². The van der Waals surface area contributed by atoms with Crippen LogP contribution in [0.5, 0.6) is 0 Å². The molecule has 4 N–H and O–H groups in total. The Kier molecular flexibility index (Phi) is 7.67. The summed E-state index contributed by atoms with van der Waals surface area (Å²) in [6.45, 7) is 1.12. The van der Waals surface area contributed by atoms with Crippen LogP contribution >= 0.6 is 12.4 Å². The molecule has 1 aliphatic rings. The molecule has 0 saturated carbocycles. The standard InChI is InChI=1S/C16H21N3O4.ClH/c17-15(21)11-4-6-12(7-5-11)18-14(20)8-10-19-9-2-1-3-13(19)16(22)23;/h4-7,13H,1-3,8-10H2,(H2,17,21)(H,18,20)(H,22,23);1H. The number of carbonyl (C=O) groups excluding carboxylic acids is 2. The van der Waals surface area contributed by atoms with Crippen LogP contribution in [0.2, 0.25) is 0 Å². The van der Waals surface area contributed by atoms with Crippen molar-refractivity contribution in [3.8, 4) is 0 Å². The smallest absolute Gasteiger partial charge is 0.320 e. The van der Waals surface area contributed by atoms with Crippen molar-refractivity contribution in [2.24, 2.45) is 5.73 Å². The summed E-state index contributed by atoms with van der Waals surface area (Å²) < 4.78 is 0. The van der Waals surface area contributed by atoms with Gasteiger partial charge in [0, 0.05) is 24.2 Å². The minimum absolute atomic E-state index is 0. The molecule has 1 heterocycles. The van der Waals surface area contributed by atoms with Crippen LogP contribution in [-0.2, 0) is 9.59 Å². The lowest BCUT2D eigenvalue weighted by atomic mass is 10.0. The first kappa shape index (κ1) is 19.9. The number of rotatable bonds is 6. The second-order valence-corrected chi connectivity index (χ2v) is 5.63. The third kappa shape index (κ3) is 5.50. The van der Waals surface area contributed by atoms with Crippen molar-refractivity contribution in [3.05, 3.63) is 29.8 Å². The number of nitrogens with zero attached hydrogens (tertiary/aromatic N) is 1. The molecule has 1 aromatic rings. The Morgan fingerprint density at radius 3 is 2.46 bits per heavy atom. The summed E-state index contributed by atoms with van der Waals surface area (Å²) in [7, 11) is 0. The largest absolute Gasteiger partial charge is 0.480 e. The van der Waals surface area contributed by atoms with Gasteiger partial charge in [0.1, 0.15) is 6.04 Å². The van der Waals surface area contributed by atoms with Crippen LogP contribution in [0.15, 0.2) is 24.3 Å². The topological polar surface area (TPSA) is 113 Å². The van der Waals surface area contributed by atoms with Gasteiger partial charge in [0.2, 0.25) is 11.8 Å². The summed E-state index contributed by atoms with van der Waals surface area (Å²) in [6, 6.07) is 5.82. The van der Waals surface area contributed by atoms with Gasteiger partial charge in [-0.3, -0.25) is 19.3 Å². The molecule has 2 amide bonds. The number of carbonyl (C=O) groups is 3. The highest BCUT2D eigenvalue weighted by molar-refractivity contribution is 5.94. The van der Waals surface area contributed by atoms with Gasteiger partial charge in [0.15, 0.2) is 0 Å². The minimum Gasteiger partial charge on any atom is -0.480 e. The number of hydrogen-bond donors (Lipinski definition) is 3.